The van der Waals surface area contributed by atoms with Gasteiger partial charge in [-0.3, -0.25) is 0 Å². The van der Waals surface area contributed by atoms with Crippen LogP contribution in [-0.4, -0.2) is 21.5 Å². The van der Waals surface area contributed by atoms with Gasteiger partial charge in [0, 0.05) is 12.8 Å². The molecule has 10 heteroatoms. The molecule has 0 spiro atoms. The number of aromatic nitrogens is 2. The Balaban J connectivity index is 1.94. The van der Waals surface area contributed by atoms with E-state index < -0.39 is 35.1 Å². The Morgan fingerprint density at radius 3 is 2.41 bits per heavy atom. The highest BCUT2D eigenvalue weighted by Crippen LogP contribution is 2.40. The largest absolute Gasteiger partial charge is 0.416 e. The first-order valence-electron chi connectivity index (χ1n) is 8.20. The average molecular weight is 394 g/mol. The highest BCUT2D eigenvalue weighted by Gasteiger charge is 2.39. The van der Waals surface area contributed by atoms with E-state index in [-0.39, 0.29) is 18.0 Å². The van der Waals surface area contributed by atoms with Gasteiger partial charge < -0.3 is 9.84 Å². The fraction of sp³-hybridized carbons (Fsp3) is 0.471. The van der Waals surface area contributed by atoms with Crippen LogP contribution in [0.25, 0.3) is 0 Å². The summed E-state index contributed by atoms with van der Waals surface area (Å²) in [6, 6.07) is 2.46. The lowest BCUT2D eigenvalue weighted by Gasteiger charge is -2.23. The molecule has 0 amide bonds. The molecule has 27 heavy (non-hydrogen) atoms. The summed E-state index contributed by atoms with van der Waals surface area (Å²) in [4.78, 5) is 0. The van der Waals surface area contributed by atoms with Crippen molar-refractivity contribution >= 4 is 0 Å². The second kappa shape index (κ2) is 7.16. The van der Waals surface area contributed by atoms with Gasteiger partial charge in [-0.15, -0.1) is 0 Å². The molecule has 2 heterocycles. The maximum Gasteiger partial charge on any atom is 0.416 e. The molecule has 1 aliphatic heterocycles. The van der Waals surface area contributed by atoms with Gasteiger partial charge in [-0.05, 0) is 43.0 Å². The standard InChI is InChI=1S/C17H16F6N2O2/c18-16(19,20)10-4-5-11(12(9-10)17(21,22)23)15(26)13-6-7-25(24-13)14-3-1-2-8-27-14/h4-7,9,14-15,26H,1-3,8H2. The molecular formula is C17H16F6N2O2. The SMILES string of the molecule is OC(c1ccn(C2CCCCO2)n1)c1ccc(C(F)(F)F)cc1C(F)(F)F. The summed E-state index contributed by atoms with van der Waals surface area (Å²) in [5.41, 5.74) is -3.78. The molecule has 0 saturated carbocycles. The summed E-state index contributed by atoms with van der Waals surface area (Å²) in [6.45, 7) is 0.527. The third kappa shape index (κ3) is 4.27. The summed E-state index contributed by atoms with van der Waals surface area (Å²) >= 11 is 0. The van der Waals surface area contributed by atoms with Gasteiger partial charge >= 0.3 is 12.4 Å². The number of halogens is 6. The van der Waals surface area contributed by atoms with Crippen LogP contribution in [0.15, 0.2) is 30.5 Å². The van der Waals surface area contributed by atoms with Crippen molar-refractivity contribution in [3.05, 3.63) is 52.8 Å². The summed E-state index contributed by atoms with van der Waals surface area (Å²) in [5.74, 6) is 0. The molecular weight excluding hydrogens is 378 g/mol. The molecule has 0 bridgehead atoms. The van der Waals surface area contributed by atoms with Crippen LogP contribution < -0.4 is 0 Å². The fourth-order valence-corrected chi connectivity index (χ4v) is 2.97. The quantitative estimate of drug-likeness (QED) is 0.768. The van der Waals surface area contributed by atoms with Crippen LogP contribution >= 0.6 is 0 Å². The zero-order valence-corrected chi connectivity index (χ0v) is 13.9. The van der Waals surface area contributed by atoms with Gasteiger partial charge in [0.2, 0.25) is 0 Å². The molecule has 1 N–H and O–H groups in total. The van der Waals surface area contributed by atoms with E-state index in [0.29, 0.717) is 25.2 Å². The smallest absolute Gasteiger partial charge is 0.382 e. The van der Waals surface area contributed by atoms with Crippen molar-refractivity contribution < 1.29 is 36.2 Å². The maximum absolute atomic E-state index is 13.3. The first-order chi connectivity index (χ1) is 12.6. The summed E-state index contributed by atoms with van der Waals surface area (Å²) in [5, 5.41) is 14.4. The van der Waals surface area contributed by atoms with Crippen LogP contribution in [0.1, 0.15) is 54.0 Å². The third-order valence-corrected chi connectivity index (χ3v) is 4.34. The van der Waals surface area contributed by atoms with Crippen molar-refractivity contribution in [2.24, 2.45) is 0 Å². The fourth-order valence-electron chi connectivity index (χ4n) is 2.97. The first-order valence-corrected chi connectivity index (χ1v) is 8.20. The lowest BCUT2D eigenvalue weighted by Crippen LogP contribution is -2.19. The van der Waals surface area contributed by atoms with E-state index in [1.54, 1.807) is 0 Å². The first kappa shape index (κ1) is 19.7. The number of ether oxygens (including phenoxy) is 1. The minimum absolute atomic E-state index is 0.000204. The number of rotatable bonds is 3. The molecule has 1 aliphatic rings. The van der Waals surface area contributed by atoms with Crippen molar-refractivity contribution in [2.45, 2.75) is 43.9 Å². The van der Waals surface area contributed by atoms with E-state index >= 15 is 0 Å². The van der Waals surface area contributed by atoms with Crippen LogP contribution in [0.3, 0.4) is 0 Å². The molecule has 1 aromatic carbocycles. The zero-order valence-electron chi connectivity index (χ0n) is 13.9. The predicted octanol–water partition coefficient (Wildman–Crippen LogP) is 4.70. The monoisotopic (exact) mass is 394 g/mol. The van der Waals surface area contributed by atoms with Gasteiger partial charge in [0.1, 0.15) is 12.3 Å². The second-order valence-corrected chi connectivity index (χ2v) is 6.24. The summed E-state index contributed by atoms with van der Waals surface area (Å²) in [6.07, 6.45) is -8.26. The van der Waals surface area contributed by atoms with Crippen molar-refractivity contribution in [3.63, 3.8) is 0 Å². The Kier molecular flexibility index (Phi) is 5.22. The Hall–Kier alpha value is -2.07. The van der Waals surface area contributed by atoms with E-state index in [0.717, 1.165) is 12.8 Å². The van der Waals surface area contributed by atoms with Gasteiger partial charge in [0.15, 0.2) is 0 Å². The van der Waals surface area contributed by atoms with Crippen molar-refractivity contribution in [1.29, 1.82) is 0 Å². The second-order valence-electron chi connectivity index (χ2n) is 6.24. The maximum atomic E-state index is 13.3. The van der Waals surface area contributed by atoms with Crippen LogP contribution in [0.4, 0.5) is 26.3 Å². The number of benzene rings is 1. The van der Waals surface area contributed by atoms with Gasteiger partial charge in [0.25, 0.3) is 0 Å². The van der Waals surface area contributed by atoms with E-state index in [9.17, 15) is 31.4 Å². The Morgan fingerprint density at radius 1 is 1.07 bits per heavy atom. The molecule has 1 aromatic heterocycles. The number of aliphatic hydroxyl groups excluding tert-OH is 1. The Bertz CT molecular complexity index is 793. The lowest BCUT2D eigenvalue weighted by molar-refractivity contribution is -0.144. The predicted molar refractivity (Wildman–Crippen MR) is 81.6 cm³/mol. The Labute approximate surface area is 150 Å². The van der Waals surface area contributed by atoms with Crippen LogP contribution in [0.2, 0.25) is 0 Å². The topological polar surface area (TPSA) is 47.3 Å². The highest BCUT2D eigenvalue weighted by atomic mass is 19.4. The Morgan fingerprint density at radius 2 is 1.81 bits per heavy atom. The lowest BCUT2D eigenvalue weighted by atomic mass is 9.97. The number of aliphatic hydroxyl groups is 1. The van der Waals surface area contributed by atoms with Crippen molar-refractivity contribution in [2.75, 3.05) is 6.61 Å². The summed E-state index contributed by atoms with van der Waals surface area (Å²) in [7, 11) is 0. The normalized spacial score (nSPS) is 19.9. The van der Waals surface area contributed by atoms with E-state index in [1.165, 1.54) is 16.9 Å². The van der Waals surface area contributed by atoms with Gasteiger partial charge in [-0.25, -0.2) is 4.68 Å². The van der Waals surface area contributed by atoms with Gasteiger partial charge in [0.05, 0.1) is 16.8 Å². The van der Waals surface area contributed by atoms with E-state index in [2.05, 4.69) is 5.10 Å². The molecule has 3 rings (SSSR count). The molecule has 0 aliphatic carbocycles. The van der Waals surface area contributed by atoms with E-state index in [1.807, 2.05) is 0 Å². The third-order valence-electron chi connectivity index (χ3n) is 4.34. The highest BCUT2D eigenvalue weighted by molar-refractivity contribution is 5.39. The van der Waals surface area contributed by atoms with E-state index in [4.69, 9.17) is 4.74 Å². The molecule has 1 saturated heterocycles. The van der Waals surface area contributed by atoms with Crippen LogP contribution in [0.5, 0.6) is 0 Å². The molecule has 2 aromatic rings. The number of hydrogen-bond acceptors (Lipinski definition) is 3. The molecule has 2 unspecified atom stereocenters. The molecule has 1 fully saturated rings. The van der Waals surface area contributed by atoms with Gasteiger partial charge in [-0.2, -0.15) is 31.4 Å². The number of alkyl halides is 6. The molecule has 148 valence electrons. The van der Waals surface area contributed by atoms with Crippen LogP contribution in [0, 0.1) is 0 Å². The minimum atomic E-state index is -5.06. The van der Waals surface area contributed by atoms with Crippen molar-refractivity contribution in [3.8, 4) is 0 Å². The van der Waals surface area contributed by atoms with Crippen LogP contribution in [-0.2, 0) is 17.1 Å². The zero-order chi connectivity index (χ0) is 19.8. The van der Waals surface area contributed by atoms with Gasteiger partial charge in [-0.1, -0.05) is 6.07 Å². The molecule has 2 atom stereocenters. The molecule has 4 nitrogen and oxygen atoms in total. The number of nitrogens with zero attached hydrogens (tertiary/aromatic N) is 2. The molecule has 0 radical (unpaired) electrons. The van der Waals surface area contributed by atoms with Crippen molar-refractivity contribution in [1.82, 2.24) is 9.78 Å². The minimum Gasteiger partial charge on any atom is -0.382 e. The summed E-state index contributed by atoms with van der Waals surface area (Å²) < 4.78 is 85.0. The number of hydrogen-bond donors (Lipinski definition) is 1. The average Bonchev–Trinajstić information content (AvgIpc) is 3.10.